The van der Waals surface area contributed by atoms with E-state index < -0.39 is 12.2 Å². The summed E-state index contributed by atoms with van der Waals surface area (Å²) in [7, 11) is 1.71. The number of aryl methyl sites for hydroxylation is 1. The van der Waals surface area contributed by atoms with Gasteiger partial charge in [-0.3, -0.25) is 4.79 Å². The number of benzene rings is 2. The summed E-state index contributed by atoms with van der Waals surface area (Å²) in [4.78, 5) is 34.4. The Balaban J connectivity index is 1.65. The van der Waals surface area contributed by atoms with Crippen LogP contribution >= 0.6 is 0 Å². The van der Waals surface area contributed by atoms with Gasteiger partial charge in [0.15, 0.2) is 0 Å². The van der Waals surface area contributed by atoms with Crippen LogP contribution in [0.25, 0.3) is 0 Å². The molecule has 8 nitrogen and oxygen atoms in total. The number of urea groups is 1. The fourth-order valence-corrected chi connectivity index (χ4v) is 4.22. The van der Waals surface area contributed by atoms with E-state index in [9.17, 15) is 9.59 Å². The van der Waals surface area contributed by atoms with Crippen LogP contribution < -0.4 is 15.5 Å². The zero-order chi connectivity index (χ0) is 22.8. The second-order valence-electron chi connectivity index (χ2n) is 8.40. The maximum absolute atomic E-state index is 13.2. The van der Waals surface area contributed by atoms with Crippen LogP contribution in [0.1, 0.15) is 25.0 Å². The van der Waals surface area contributed by atoms with Gasteiger partial charge < -0.3 is 25.2 Å². The van der Waals surface area contributed by atoms with Crippen molar-refractivity contribution in [2.45, 2.75) is 39.1 Å². The number of para-hydroxylation sites is 1. The van der Waals surface area contributed by atoms with Crippen LogP contribution in [0, 0.1) is 6.92 Å². The van der Waals surface area contributed by atoms with Gasteiger partial charge in [0.2, 0.25) is 6.17 Å². The highest BCUT2D eigenvalue weighted by atomic mass is 16.5. The monoisotopic (exact) mass is 435 g/mol. The van der Waals surface area contributed by atoms with Crippen molar-refractivity contribution in [2.24, 2.45) is 4.99 Å². The normalized spacial score (nSPS) is 23.2. The molecule has 0 bridgehead atoms. The smallest absolute Gasteiger partial charge is 0.321 e. The number of benzodiazepines with no additional fused rings is 1. The van der Waals surface area contributed by atoms with Crippen LogP contribution in [0.15, 0.2) is 53.5 Å². The first-order valence-corrected chi connectivity index (χ1v) is 10.8. The molecule has 2 aliphatic heterocycles. The number of carbonyl (C=O) groups excluding carboxylic acids is 2. The number of rotatable bonds is 2. The fraction of sp³-hybridized carbons (Fsp3) is 0.375. The Kier molecular flexibility index (Phi) is 6.14. The van der Waals surface area contributed by atoms with Crippen molar-refractivity contribution in [1.29, 1.82) is 0 Å². The van der Waals surface area contributed by atoms with Crippen molar-refractivity contribution in [3.05, 3.63) is 59.7 Å². The lowest BCUT2D eigenvalue weighted by Crippen LogP contribution is -2.50. The van der Waals surface area contributed by atoms with Gasteiger partial charge in [-0.1, -0.05) is 24.3 Å². The number of carbonyl (C=O) groups is 2. The molecule has 168 valence electrons. The summed E-state index contributed by atoms with van der Waals surface area (Å²) >= 11 is 0. The standard InChI is InChI=1S/C24H29N5O3/c1-15-8-7-9-18(12-15)25-24(31)27-21-23(30)28(4)20-11-6-5-10-19(20)22(26-21)29-13-16(2)32-17(3)14-29/h5-12,16-17,21H,13-14H2,1-4H3,(H2,25,27,31)/t16-,17+,21?. The quantitative estimate of drug-likeness (QED) is 0.759. The third-order valence-corrected chi connectivity index (χ3v) is 5.59. The van der Waals surface area contributed by atoms with E-state index in [2.05, 4.69) is 15.5 Å². The lowest BCUT2D eigenvalue weighted by molar-refractivity contribution is -0.119. The maximum atomic E-state index is 13.2. The second-order valence-corrected chi connectivity index (χ2v) is 8.40. The zero-order valence-electron chi connectivity index (χ0n) is 18.8. The van der Waals surface area contributed by atoms with Crippen LogP contribution in [-0.4, -0.2) is 61.2 Å². The highest BCUT2D eigenvalue weighted by Crippen LogP contribution is 2.27. The maximum Gasteiger partial charge on any atom is 0.321 e. The average Bonchev–Trinajstić information content (AvgIpc) is 2.84. The molecule has 0 aromatic heterocycles. The number of anilines is 2. The second kappa shape index (κ2) is 9.00. The van der Waals surface area contributed by atoms with Gasteiger partial charge >= 0.3 is 6.03 Å². The number of ether oxygens (including phenoxy) is 1. The van der Waals surface area contributed by atoms with E-state index in [4.69, 9.17) is 9.73 Å². The number of amides is 3. The zero-order valence-corrected chi connectivity index (χ0v) is 18.8. The lowest BCUT2D eigenvalue weighted by atomic mass is 10.1. The van der Waals surface area contributed by atoms with E-state index in [1.807, 2.05) is 63.2 Å². The number of nitrogens with one attached hydrogen (secondary N) is 2. The first kappa shape index (κ1) is 21.8. The molecular weight excluding hydrogens is 406 g/mol. The summed E-state index contributed by atoms with van der Waals surface area (Å²) in [6.07, 6.45) is -0.997. The van der Waals surface area contributed by atoms with E-state index in [0.717, 1.165) is 16.8 Å². The highest BCUT2D eigenvalue weighted by Gasteiger charge is 2.34. The molecule has 0 spiro atoms. The molecule has 8 heteroatoms. The summed E-state index contributed by atoms with van der Waals surface area (Å²) in [5.41, 5.74) is 3.29. The van der Waals surface area contributed by atoms with Crippen molar-refractivity contribution >= 4 is 29.1 Å². The van der Waals surface area contributed by atoms with Crippen molar-refractivity contribution in [1.82, 2.24) is 10.2 Å². The molecule has 2 heterocycles. The first-order chi connectivity index (χ1) is 15.3. The van der Waals surface area contributed by atoms with Gasteiger partial charge in [0.1, 0.15) is 5.84 Å². The number of nitrogens with zero attached hydrogens (tertiary/aromatic N) is 3. The fourth-order valence-electron chi connectivity index (χ4n) is 4.22. The minimum absolute atomic E-state index is 0.0290. The number of fused-ring (bicyclic) bond motifs is 1. The highest BCUT2D eigenvalue weighted by molar-refractivity contribution is 6.12. The minimum atomic E-state index is -1.05. The van der Waals surface area contributed by atoms with E-state index in [0.29, 0.717) is 24.6 Å². The Labute approximate surface area is 188 Å². The van der Waals surface area contributed by atoms with Gasteiger partial charge in [0, 0.05) is 31.4 Å². The number of morpholine rings is 1. The van der Waals surface area contributed by atoms with Crippen LogP contribution in [0.5, 0.6) is 0 Å². The molecule has 0 radical (unpaired) electrons. The summed E-state index contributed by atoms with van der Waals surface area (Å²) < 4.78 is 5.88. The molecule has 2 aliphatic rings. The lowest BCUT2D eigenvalue weighted by Gasteiger charge is -2.37. The molecule has 0 saturated carbocycles. The molecule has 3 amide bonds. The molecule has 4 rings (SSSR count). The van der Waals surface area contributed by atoms with Crippen LogP contribution in [-0.2, 0) is 9.53 Å². The van der Waals surface area contributed by atoms with Crippen molar-refractivity contribution in [2.75, 3.05) is 30.4 Å². The molecular formula is C24H29N5O3. The van der Waals surface area contributed by atoms with Crippen molar-refractivity contribution in [3.63, 3.8) is 0 Å². The first-order valence-electron chi connectivity index (χ1n) is 10.8. The number of likely N-dealkylation sites (N-methyl/N-ethyl adjacent to an activating group) is 1. The van der Waals surface area contributed by atoms with Gasteiger partial charge in [-0.25, -0.2) is 9.79 Å². The van der Waals surface area contributed by atoms with Crippen LogP contribution in [0.2, 0.25) is 0 Å². The molecule has 32 heavy (non-hydrogen) atoms. The topological polar surface area (TPSA) is 86.3 Å². The van der Waals surface area contributed by atoms with E-state index in [1.54, 1.807) is 18.0 Å². The summed E-state index contributed by atoms with van der Waals surface area (Å²) in [5, 5.41) is 5.54. The third kappa shape index (κ3) is 4.60. The molecule has 0 aliphatic carbocycles. The Morgan fingerprint density at radius 2 is 1.81 bits per heavy atom. The third-order valence-electron chi connectivity index (χ3n) is 5.59. The van der Waals surface area contributed by atoms with Gasteiger partial charge in [0.05, 0.1) is 17.9 Å². The van der Waals surface area contributed by atoms with Crippen molar-refractivity contribution < 1.29 is 14.3 Å². The molecule has 1 fully saturated rings. The van der Waals surface area contributed by atoms with Crippen molar-refractivity contribution in [3.8, 4) is 0 Å². The largest absolute Gasteiger partial charge is 0.372 e. The van der Waals surface area contributed by atoms with Gasteiger partial charge in [0.25, 0.3) is 5.91 Å². The van der Waals surface area contributed by atoms with Gasteiger partial charge in [-0.15, -0.1) is 0 Å². The van der Waals surface area contributed by atoms with Crippen LogP contribution in [0.4, 0.5) is 16.2 Å². The molecule has 2 aromatic rings. The minimum Gasteiger partial charge on any atom is -0.372 e. The molecule has 2 aromatic carbocycles. The Bertz CT molecular complexity index is 1040. The number of hydrogen-bond acceptors (Lipinski definition) is 5. The summed E-state index contributed by atoms with van der Waals surface area (Å²) in [5.74, 6) is 0.377. The van der Waals surface area contributed by atoms with E-state index >= 15 is 0 Å². The Morgan fingerprint density at radius 1 is 1.09 bits per heavy atom. The molecule has 2 N–H and O–H groups in total. The summed E-state index contributed by atoms with van der Waals surface area (Å²) in [6, 6.07) is 14.7. The Hall–Kier alpha value is -3.39. The van der Waals surface area contributed by atoms with E-state index in [-0.39, 0.29) is 18.1 Å². The predicted molar refractivity (Wildman–Crippen MR) is 125 cm³/mol. The van der Waals surface area contributed by atoms with Gasteiger partial charge in [-0.05, 0) is 50.6 Å². The van der Waals surface area contributed by atoms with Gasteiger partial charge in [-0.2, -0.15) is 0 Å². The SMILES string of the molecule is Cc1cccc(NC(=O)NC2N=C(N3C[C@@H](C)O[C@@H](C)C3)c3ccccc3N(C)C2=O)c1. The Morgan fingerprint density at radius 3 is 2.53 bits per heavy atom. The van der Waals surface area contributed by atoms with E-state index in [1.165, 1.54) is 0 Å². The van der Waals surface area contributed by atoms with Crippen LogP contribution in [0.3, 0.4) is 0 Å². The number of hydrogen-bond donors (Lipinski definition) is 2. The number of amidine groups is 1. The average molecular weight is 436 g/mol. The number of aliphatic imine (C=N–C) groups is 1. The summed E-state index contributed by atoms with van der Waals surface area (Å²) in [6.45, 7) is 7.29. The molecule has 1 unspecified atom stereocenters. The predicted octanol–water partition coefficient (Wildman–Crippen LogP) is 2.98. The molecule has 3 atom stereocenters. The molecule has 1 saturated heterocycles.